The zero-order chi connectivity index (χ0) is 11.8. The molecule has 3 rings (SSSR count). The van der Waals surface area contributed by atoms with E-state index in [1.165, 1.54) is 12.8 Å². The number of hydrogen-bond acceptors (Lipinski definition) is 3. The number of carbonyl (C=O) groups is 1. The predicted molar refractivity (Wildman–Crippen MR) is 65.7 cm³/mol. The third-order valence-corrected chi connectivity index (χ3v) is 3.15. The van der Waals surface area contributed by atoms with Gasteiger partial charge in [-0.05, 0) is 30.9 Å². The first kappa shape index (κ1) is 10.3. The van der Waals surface area contributed by atoms with Crippen LogP contribution in [0.25, 0.3) is 0 Å². The smallest absolute Gasteiger partial charge is 0.256 e. The maximum atomic E-state index is 11.9. The SMILES string of the molecule is Cc1ccccc1C1N=C(NC2CC2)NC1=O. The van der Waals surface area contributed by atoms with Crippen molar-refractivity contribution < 1.29 is 4.79 Å². The lowest BCUT2D eigenvalue weighted by Gasteiger charge is -2.07. The van der Waals surface area contributed by atoms with E-state index in [0.29, 0.717) is 12.0 Å². The summed E-state index contributed by atoms with van der Waals surface area (Å²) in [5.41, 5.74) is 2.08. The van der Waals surface area contributed by atoms with Crippen LogP contribution in [0.15, 0.2) is 29.3 Å². The Morgan fingerprint density at radius 3 is 2.82 bits per heavy atom. The lowest BCUT2D eigenvalue weighted by atomic mass is 10.0. The molecule has 0 aromatic heterocycles. The monoisotopic (exact) mass is 229 g/mol. The van der Waals surface area contributed by atoms with Gasteiger partial charge in [-0.3, -0.25) is 10.1 Å². The number of guanidine groups is 1. The average Bonchev–Trinajstić information content (AvgIpc) is 3.03. The molecule has 17 heavy (non-hydrogen) atoms. The van der Waals surface area contributed by atoms with Gasteiger partial charge in [0.15, 0.2) is 12.0 Å². The number of amides is 1. The molecule has 88 valence electrons. The Bertz CT molecular complexity index is 491. The molecule has 1 aliphatic heterocycles. The minimum atomic E-state index is -0.391. The molecule has 0 spiro atoms. The molecular weight excluding hydrogens is 214 g/mol. The quantitative estimate of drug-likeness (QED) is 0.802. The second-order valence-electron chi connectivity index (χ2n) is 4.64. The van der Waals surface area contributed by atoms with Crippen LogP contribution in [0.3, 0.4) is 0 Å². The van der Waals surface area contributed by atoms with E-state index in [1.807, 2.05) is 31.2 Å². The Morgan fingerprint density at radius 2 is 2.12 bits per heavy atom. The third-order valence-electron chi connectivity index (χ3n) is 3.15. The van der Waals surface area contributed by atoms with E-state index in [1.54, 1.807) is 0 Å². The van der Waals surface area contributed by atoms with Crippen molar-refractivity contribution in [1.29, 1.82) is 0 Å². The van der Waals surface area contributed by atoms with Crippen LogP contribution in [-0.2, 0) is 4.79 Å². The van der Waals surface area contributed by atoms with Gasteiger partial charge in [0.2, 0.25) is 0 Å². The van der Waals surface area contributed by atoms with E-state index < -0.39 is 6.04 Å². The van der Waals surface area contributed by atoms with Crippen molar-refractivity contribution in [2.75, 3.05) is 0 Å². The average molecular weight is 229 g/mol. The minimum Gasteiger partial charge on any atom is -0.353 e. The van der Waals surface area contributed by atoms with E-state index in [4.69, 9.17) is 0 Å². The number of nitrogens with zero attached hydrogens (tertiary/aromatic N) is 1. The number of aliphatic imine (C=N–C) groups is 1. The fourth-order valence-electron chi connectivity index (χ4n) is 2.00. The normalized spacial score (nSPS) is 23.2. The number of rotatable bonds is 2. The van der Waals surface area contributed by atoms with Gasteiger partial charge in [0.05, 0.1) is 0 Å². The van der Waals surface area contributed by atoms with Gasteiger partial charge in [-0.2, -0.15) is 0 Å². The van der Waals surface area contributed by atoms with Gasteiger partial charge in [-0.25, -0.2) is 4.99 Å². The lowest BCUT2D eigenvalue weighted by molar-refractivity contribution is -0.120. The highest BCUT2D eigenvalue weighted by atomic mass is 16.2. The topological polar surface area (TPSA) is 53.5 Å². The lowest BCUT2D eigenvalue weighted by Crippen LogP contribution is -2.37. The Morgan fingerprint density at radius 1 is 1.35 bits per heavy atom. The van der Waals surface area contributed by atoms with Crippen LogP contribution >= 0.6 is 0 Å². The zero-order valence-corrected chi connectivity index (χ0v) is 9.73. The van der Waals surface area contributed by atoms with Crippen LogP contribution in [0.5, 0.6) is 0 Å². The van der Waals surface area contributed by atoms with Crippen molar-refractivity contribution in [3.05, 3.63) is 35.4 Å². The molecule has 0 saturated heterocycles. The van der Waals surface area contributed by atoms with E-state index in [0.717, 1.165) is 11.1 Å². The van der Waals surface area contributed by atoms with Gasteiger partial charge in [0.1, 0.15) is 0 Å². The summed E-state index contributed by atoms with van der Waals surface area (Å²) in [5, 5.41) is 6.02. The van der Waals surface area contributed by atoms with Crippen LogP contribution in [0.4, 0.5) is 0 Å². The molecule has 1 heterocycles. The van der Waals surface area contributed by atoms with Gasteiger partial charge in [-0.15, -0.1) is 0 Å². The van der Waals surface area contributed by atoms with Crippen LogP contribution in [0.1, 0.15) is 30.0 Å². The number of carbonyl (C=O) groups excluding carboxylic acids is 1. The van der Waals surface area contributed by atoms with Gasteiger partial charge < -0.3 is 5.32 Å². The molecule has 4 heteroatoms. The second kappa shape index (κ2) is 3.87. The Labute approximate surface area is 100 Å². The van der Waals surface area contributed by atoms with Crippen molar-refractivity contribution in [2.45, 2.75) is 31.8 Å². The maximum absolute atomic E-state index is 11.9. The van der Waals surface area contributed by atoms with Crippen LogP contribution in [0, 0.1) is 6.92 Å². The molecule has 1 atom stereocenters. The highest BCUT2D eigenvalue weighted by Crippen LogP contribution is 2.25. The summed E-state index contributed by atoms with van der Waals surface area (Å²) in [5.74, 6) is 0.591. The van der Waals surface area contributed by atoms with E-state index in [-0.39, 0.29) is 5.91 Å². The Balaban J connectivity index is 1.84. The fourth-order valence-corrected chi connectivity index (χ4v) is 2.00. The molecule has 0 radical (unpaired) electrons. The summed E-state index contributed by atoms with van der Waals surface area (Å²) in [6.07, 6.45) is 2.34. The number of benzene rings is 1. The molecule has 1 saturated carbocycles. The molecule has 0 bridgehead atoms. The summed E-state index contributed by atoms with van der Waals surface area (Å²) < 4.78 is 0. The molecule has 1 aromatic rings. The summed E-state index contributed by atoms with van der Waals surface area (Å²) in [6, 6.07) is 7.99. The highest BCUT2D eigenvalue weighted by Gasteiger charge is 2.31. The van der Waals surface area contributed by atoms with Crippen molar-refractivity contribution in [1.82, 2.24) is 10.6 Å². The van der Waals surface area contributed by atoms with Crippen LogP contribution in [-0.4, -0.2) is 17.9 Å². The molecular formula is C13H15N3O. The summed E-state index contributed by atoms with van der Waals surface area (Å²) in [6.45, 7) is 2.00. The Hall–Kier alpha value is -1.84. The number of nitrogens with one attached hydrogen (secondary N) is 2. The molecule has 2 aliphatic rings. The molecule has 2 N–H and O–H groups in total. The van der Waals surface area contributed by atoms with Gasteiger partial charge in [0.25, 0.3) is 5.91 Å². The highest BCUT2D eigenvalue weighted by molar-refractivity contribution is 6.05. The maximum Gasteiger partial charge on any atom is 0.256 e. The van der Waals surface area contributed by atoms with Gasteiger partial charge in [-0.1, -0.05) is 24.3 Å². The summed E-state index contributed by atoms with van der Waals surface area (Å²) in [4.78, 5) is 16.3. The standard InChI is InChI=1S/C13H15N3O/c1-8-4-2-3-5-10(8)11-12(17)16-13(15-11)14-9-6-7-9/h2-5,9,11H,6-7H2,1H3,(H2,14,15,16,17). The Kier molecular flexibility index (Phi) is 2.35. The minimum absolute atomic E-state index is 0.0394. The third kappa shape index (κ3) is 2.02. The predicted octanol–water partition coefficient (Wildman–Crippen LogP) is 1.27. The fraction of sp³-hybridized carbons (Fsp3) is 0.385. The summed E-state index contributed by atoms with van der Waals surface area (Å²) >= 11 is 0. The first-order valence-electron chi connectivity index (χ1n) is 5.95. The van der Waals surface area contributed by atoms with E-state index >= 15 is 0 Å². The molecule has 1 fully saturated rings. The second-order valence-corrected chi connectivity index (χ2v) is 4.64. The van der Waals surface area contributed by atoms with E-state index in [9.17, 15) is 4.79 Å². The van der Waals surface area contributed by atoms with Crippen molar-refractivity contribution in [3.8, 4) is 0 Å². The van der Waals surface area contributed by atoms with Crippen LogP contribution < -0.4 is 10.6 Å². The number of aryl methyl sites for hydroxylation is 1. The van der Waals surface area contributed by atoms with Gasteiger partial charge in [0, 0.05) is 6.04 Å². The molecule has 1 unspecified atom stereocenters. The largest absolute Gasteiger partial charge is 0.353 e. The first-order chi connectivity index (χ1) is 8.24. The van der Waals surface area contributed by atoms with Gasteiger partial charge >= 0.3 is 0 Å². The summed E-state index contributed by atoms with van der Waals surface area (Å²) in [7, 11) is 0. The number of hydrogen-bond donors (Lipinski definition) is 2. The van der Waals surface area contributed by atoms with Crippen molar-refractivity contribution >= 4 is 11.9 Å². The van der Waals surface area contributed by atoms with Crippen molar-refractivity contribution in [3.63, 3.8) is 0 Å². The zero-order valence-electron chi connectivity index (χ0n) is 9.73. The molecule has 1 aliphatic carbocycles. The molecule has 4 nitrogen and oxygen atoms in total. The van der Waals surface area contributed by atoms with Crippen LogP contribution in [0.2, 0.25) is 0 Å². The van der Waals surface area contributed by atoms with E-state index in [2.05, 4.69) is 15.6 Å². The van der Waals surface area contributed by atoms with Crippen molar-refractivity contribution in [2.24, 2.45) is 4.99 Å². The molecule has 1 aromatic carbocycles. The molecule has 1 amide bonds. The first-order valence-corrected chi connectivity index (χ1v) is 5.95.